The van der Waals surface area contributed by atoms with Crippen LogP contribution in [0, 0.1) is 5.21 Å². The Hall–Kier alpha value is -1.66. The Balaban J connectivity index is 3.52. The average molecular weight is 690 g/mol. The zero-order chi connectivity index (χ0) is 35.9. The van der Waals surface area contributed by atoms with Crippen molar-refractivity contribution in [2.24, 2.45) is 0 Å². The van der Waals surface area contributed by atoms with Crippen molar-refractivity contribution >= 4 is 11.8 Å². The molecule has 0 fully saturated rings. The molecule has 6 heteroatoms. The van der Waals surface area contributed by atoms with E-state index >= 15 is 0 Å². The summed E-state index contributed by atoms with van der Waals surface area (Å²) in [5, 5.41) is 18.7. The summed E-state index contributed by atoms with van der Waals surface area (Å²) < 4.78 is -0.325. The summed E-state index contributed by atoms with van der Waals surface area (Å²) in [6, 6.07) is 0. The first kappa shape index (κ1) is 47.3. The Labute approximate surface area is 305 Å². The fraction of sp³-hybridized carbons (Fsp3) is 0.860. The van der Waals surface area contributed by atoms with Gasteiger partial charge in [0.15, 0.2) is 0 Å². The van der Waals surface area contributed by atoms with Gasteiger partial charge in [-0.2, -0.15) is 0 Å². The fourth-order valence-electron chi connectivity index (χ4n) is 6.28. The van der Waals surface area contributed by atoms with Gasteiger partial charge in [0.05, 0.1) is 20.1 Å². The molecule has 0 aromatic rings. The highest BCUT2D eigenvalue weighted by atomic mass is 16.5. The maximum atomic E-state index is 12.8. The molecule has 0 aromatic heterocycles. The van der Waals surface area contributed by atoms with E-state index in [0.29, 0.717) is 51.9 Å². The van der Waals surface area contributed by atoms with Gasteiger partial charge < -0.3 is 20.5 Å². The van der Waals surface area contributed by atoms with Gasteiger partial charge in [-0.1, -0.05) is 141 Å². The number of carbonyl (C=O) groups excluding carboxylic acids is 2. The van der Waals surface area contributed by atoms with E-state index in [-0.39, 0.29) is 16.5 Å². The van der Waals surface area contributed by atoms with Crippen molar-refractivity contribution in [2.45, 2.75) is 206 Å². The molecule has 0 unspecified atom stereocenters. The summed E-state index contributed by atoms with van der Waals surface area (Å²) in [6.07, 6.45) is 44.6. The van der Waals surface area contributed by atoms with Gasteiger partial charge in [0, 0.05) is 38.8 Å². The van der Waals surface area contributed by atoms with Crippen molar-refractivity contribution in [1.29, 1.82) is 0 Å². The van der Waals surface area contributed by atoms with E-state index in [4.69, 9.17) is 0 Å². The number of rotatable bonds is 38. The van der Waals surface area contributed by atoms with Crippen LogP contribution in [-0.2, 0) is 9.59 Å². The van der Waals surface area contributed by atoms with Crippen LogP contribution < -0.4 is 10.6 Å². The van der Waals surface area contributed by atoms with Gasteiger partial charge in [-0.15, -0.1) is 0 Å². The maximum Gasteiger partial charge on any atom is 0.219 e. The molecule has 0 aliphatic carbocycles. The van der Waals surface area contributed by atoms with Crippen molar-refractivity contribution in [2.75, 3.05) is 33.2 Å². The minimum atomic E-state index is -0.325. The highest BCUT2D eigenvalue weighted by Crippen LogP contribution is 2.12. The Morgan fingerprint density at radius 2 is 0.735 bits per heavy atom. The third-order valence-electron chi connectivity index (χ3n) is 9.59. The Morgan fingerprint density at radius 1 is 0.449 bits per heavy atom. The van der Waals surface area contributed by atoms with Crippen molar-refractivity contribution in [3.8, 4) is 0 Å². The summed E-state index contributed by atoms with van der Waals surface area (Å²) in [6.45, 7) is 6.62. The summed E-state index contributed by atoms with van der Waals surface area (Å²) in [5.41, 5.74) is 0. The number of quaternary nitrogens is 1. The predicted octanol–water partition coefficient (Wildman–Crippen LogP) is 12.0. The molecule has 6 nitrogen and oxygen atoms in total. The van der Waals surface area contributed by atoms with Crippen molar-refractivity contribution in [3.63, 3.8) is 0 Å². The van der Waals surface area contributed by atoms with E-state index in [1.165, 1.54) is 141 Å². The molecule has 49 heavy (non-hydrogen) atoms. The molecule has 0 radical (unpaired) electrons. The van der Waals surface area contributed by atoms with Crippen LogP contribution in [-0.4, -0.2) is 49.7 Å². The first-order valence-corrected chi connectivity index (χ1v) is 21.3. The monoisotopic (exact) mass is 690 g/mol. The minimum absolute atomic E-state index is 0.103. The predicted molar refractivity (Wildman–Crippen MR) is 213 cm³/mol. The molecule has 0 saturated carbocycles. The van der Waals surface area contributed by atoms with Gasteiger partial charge in [0.2, 0.25) is 11.8 Å². The number of amides is 2. The molecule has 0 atom stereocenters. The number of hydrogen-bond acceptors (Lipinski definition) is 3. The van der Waals surface area contributed by atoms with Gasteiger partial charge in [-0.05, 0) is 64.2 Å². The van der Waals surface area contributed by atoms with Crippen LogP contribution in [0.1, 0.15) is 206 Å². The summed E-state index contributed by atoms with van der Waals surface area (Å²) in [5.74, 6) is 0.207. The summed E-state index contributed by atoms with van der Waals surface area (Å²) >= 11 is 0. The summed E-state index contributed by atoms with van der Waals surface area (Å²) in [7, 11) is 1.69. The standard InChI is InChI=1S/C43H83N3O3/c1-4-6-8-10-12-14-16-18-20-22-24-26-28-30-32-36-42(47)44-38-34-40-46(3,49)41-35-39-45-43(48)37-33-31-29-27-25-23-21-19-17-15-13-11-9-7-5-2/h18-21H,4-17,22-41H2,1-3H3,(H,44,47)(H,45,48). The van der Waals surface area contributed by atoms with Gasteiger partial charge in [-0.3, -0.25) is 9.59 Å². The van der Waals surface area contributed by atoms with Gasteiger partial charge >= 0.3 is 0 Å². The molecular weight excluding hydrogens is 606 g/mol. The highest BCUT2D eigenvalue weighted by molar-refractivity contribution is 5.76. The molecule has 2 N–H and O–H groups in total. The van der Waals surface area contributed by atoms with Crippen LogP contribution in [0.2, 0.25) is 0 Å². The number of nitrogens with zero attached hydrogens (tertiary/aromatic N) is 1. The van der Waals surface area contributed by atoms with Gasteiger partial charge in [-0.25, -0.2) is 0 Å². The van der Waals surface area contributed by atoms with Crippen LogP contribution >= 0.6 is 0 Å². The second-order valence-corrected chi connectivity index (χ2v) is 14.8. The molecule has 288 valence electrons. The topological polar surface area (TPSA) is 81.3 Å². The Bertz CT molecular complexity index is 718. The molecule has 0 aliphatic heterocycles. The average Bonchev–Trinajstić information content (AvgIpc) is 3.08. The van der Waals surface area contributed by atoms with Crippen LogP contribution in [0.4, 0.5) is 0 Å². The fourth-order valence-corrected chi connectivity index (χ4v) is 6.28. The number of allylic oxidation sites excluding steroid dienone is 4. The lowest BCUT2D eigenvalue weighted by Crippen LogP contribution is -2.42. The van der Waals surface area contributed by atoms with E-state index < -0.39 is 0 Å². The molecule has 0 spiro atoms. The second-order valence-electron chi connectivity index (χ2n) is 14.8. The van der Waals surface area contributed by atoms with Gasteiger partial charge in [0.1, 0.15) is 0 Å². The number of carbonyl (C=O) groups is 2. The molecule has 0 saturated heterocycles. The Morgan fingerprint density at radius 3 is 1.06 bits per heavy atom. The summed E-state index contributed by atoms with van der Waals surface area (Å²) in [4.78, 5) is 24.3. The number of hydrogen-bond donors (Lipinski definition) is 2. The second kappa shape index (κ2) is 37.6. The van der Waals surface area contributed by atoms with Crippen LogP contribution in [0.5, 0.6) is 0 Å². The maximum absolute atomic E-state index is 12.8. The van der Waals surface area contributed by atoms with E-state index in [2.05, 4.69) is 48.8 Å². The van der Waals surface area contributed by atoms with Crippen molar-refractivity contribution in [1.82, 2.24) is 10.6 Å². The first-order valence-electron chi connectivity index (χ1n) is 21.3. The zero-order valence-electron chi connectivity index (χ0n) is 33.0. The molecule has 0 aromatic carbocycles. The lowest BCUT2D eigenvalue weighted by molar-refractivity contribution is -0.860. The lowest BCUT2D eigenvalue weighted by Gasteiger charge is -2.38. The third-order valence-corrected chi connectivity index (χ3v) is 9.59. The molecular formula is C43H83N3O3. The zero-order valence-corrected chi connectivity index (χ0v) is 33.0. The Kier molecular flexibility index (Phi) is 36.3. The van der Waals surface area contributed by atoms with E-state index in [9.17, 15) is 14.8 Å². The number of nitrogens with one attached hydrogen (secondary N) is 2. The molecule has 0 bridgehead atoms. The quantitative estimate of drug-likeness (QED) is 0.0293. The molecule has 0 aliphatic rings. The van der Waals surface area contributed by atoms with E-state index in [0.717, 1.165) is 25.7 Å². The highest BCUT2D eigenvalue weighted by Gasteiger charge is 2.11. The molecule has 2 amide bonds. The molecule has 0 rings (SSSR count). The van der Waals surface area contributed by atoms with Crippen molar-refractivity contribution < 1.29 is 14.2 Å². The molecule has 0 heterocycles. The number of hydroxylamine groups is 3. The first-order chi connectivity index (χ1) is 23.9. The third kappa shape index (κ3) is 39.0. The van der Waals surface area contributed by atoms with Crippen LogP contribution in [0.25, 0.3) is 0 Å². The number of unbranched alkanes of at least 4 members (excludes halogenated alkanes) is 22. The lowest BCUT2D eigenvalue weighted by atomic mass is 10.1. The minimum Gasteiger partial charge on any atom is -0.633 e. The smallest absolute Gasteiger partial charge is 0.219 e. The van der Waals surface area contributed by atoms with E-state index in [1.54, 1.807) is 7.05 Å². The largest absolute Gasteiger partial charge is 0.633 e. The SMILES string of the molecule is CCCCCCCCC=CCCCCCCCC(=O)NCCC[N+](C)([O-])CCCNC(=O)CCCCCCCC=CCCCCCCCC. The van der Waals surface area contributed by atoms with Crippen molar-refractivity contribution in [3.05, 3.63) is 29.5 Å². The van der Waals surface area contributed by atoms with Crippen LogP contribution in [0.15, 0.2) is 24.3 Å². The normalized spacial score (nSPS) is 13.0. The van der Waals surface area contributed by atoms with E-state index in [1.807, 2.05) is 0 Å². The van der Waals surface area contributed by atoms with Crippen LogP contribution in [0.3, 0.4) is 0 Å². The van der Waals surface area contributed by atoms with Gasteiger partial charge in [0.25, 0.3) is 0 Å².